The van der Waals surface area contributed by atoms with Gasteiger partial charge >= 0.3 is 0 Å². The van der Waals surface area contributed by atoms with Crippen LogP contribution in [0.5, 0.6) is 0 Å². The zero-order valence-corrected chi connectivity index (χ0v) is 15.3. The van der Waals surface area contributed by atoms with Crippen LogP contribution in [-0.4, -0.2) is 74.1 Å². The van der Waals surface area contributed by atoms with Crippen LogP contribution in [0, 0.1) is 17.2 Å². The van der Waals surface area contributed by atoms with E-state index >= 15 is 0 Å². The molecule has 0 aliphatic carbocycles. The topological polar surface area (TPSA) is 85.7 Å². The van der Waals surface area contributed by atoms with Gasteiger partial charge in [-0.15, -0.1) is 0 Å². The Balaban J connectivity index is 2.34. The van der Waals surface area contributed by atoms with Crippen molar-refractivity contribution in [2.24, 2.45) is 5.92 Å². The monoisotopic (exact) mass is 338 g/mol. The van der Waals surface area contributed by atoms with E-state index in [0.29, 0.717) is 19.7 Å². The second-order valence-electron chi connectivity index (χ2n) is 6.81. The summed E-state index contributed by atoms with van der Waals surface area (Å²) in [6, 6.07) is 2.13. The fourth-order valence-corrected chi connectivity index (χ4v) is 2.61. The first-order valence-electron chi connectivity index (χ1n) is 8.48. The van der Waals surface area contributed by atoms with Crippen LogP contribution in [0.25, 0.3) is 0 Å². The van der Waals surface area contributed by atoms with Crippen LogP contribution in [-0.2, 0) is 14.3 Å². The molecule has 0 atom stereocenters. The Labute approximate surface area is 144 Å². The van der Waals surface area contributed by atoms with Crippen LogP contribution >= 0.6 is 0 Å². The molecule has 0 aromatic heterocycles. The minimum absolute atomic E-state index is 0.0205. The highest BCUT2D eigenvalue weighted by atomic mass is 16.5. The van der Waals surface area contributed by atoms with Crippen molar-refractivity contribution in [2.75, 3.05) is 46.9 Å². The molecule has 24 heavy (non-hydrogen) atoms. The van der Waals surface area contributed by atoms with Crippen molar-refractivity contribution >= 4 is 11.8 Å². The number of nitrogens with zero attached hydrogens (tertiary/aromatic N) is 3. The molecule has 0 aromatic carbocycles. The number of ether oxygens (including phenoxy) is 1. The van der Waals surface area contributed by atoms with E-state index in [4.69, 9.17) is 10.00 Å². The Bertz CT molecular complexity index is 465. The first-order valence-corrected chi connectivity index (χ1v) is 8.48. The van der Waals surface area contributed by atoms with E-state index in [-0.39, 0.29) is 17.7 Å². The lowest BCUT2D eigenvalue weighted by Gasteiger charge is -2.34. The summed E-state index contributed by atoms with van der Waals surface area (Å²) in [7, 11) is 3.31. The fourth-order valence-electron chi connectivity index (χ4n) is 2.61. The van der Waals surface area contributed by atoms with Gasteiger partial charge in [-0.1, -0.05) is 0 Å². The molecular formula is C17H30N4O3. The van der Waals surface area contributed by atoms with Crippen molar-refractivity contribution in [3.05, 3.63) is 0 Å². The van der Waals surface area contributed by atoms with Gasteiger partial charge in [0.05, 0.1) is 12.6 Å². The third kappa shape index (κ3) is 6.10. The van der Waals surface area contributed by atoms with Gasteiger partial charge in [-0.3, -0.25) is 14.5 Å². The summed E-state index contributed by atoms with van der Waals surface area (Å²) >= 11 is 0. The number of likely N-dealkylation sites (N-methyl/N-ethyl adjacent to an activating group) is 1. The SMILES string of the molecule is COCCCNC(=O)C1CCN(CC(=O)N(C)C(C)(C)C#N)CC1. The molecule has 0 radical (unpaired) electrons. The first kappa shape index (κ1) is 20.4. The third-order valence-electron chi connectivity index (χ3n) is 4.63. The number of nitrogens with one attached hydrogen (secondary N) is 1. The van der Waals surface area contributed by atoms with Gasteiger partial charge in [-0.05, 0) is 46.2 Å². The summed E-state index contributed by atoms with van der Waals surface area (Å²) in [5.74, 6) is 0.0519. The van der Waals surface area contributed by atoms with Gasteiger partial charge in [-0.2, -0.15) is 5.26 Å². The zero-order valence-electron chi connectivity index (χ0n) is 15.3. The van der Waals surface area contributed by atoms with Crippen LogP contribution in [0.15, 0.2) is 0 Å². The number of hydrogen-bond acceptors (Lipinski definition) is 5. The summed E-state index contributed by atoms with van der Waals surface area (Å²) in [6.45, 7) is 6.48. The standard InChI is InChI=1S/C17H30N4O3/c1-17(2,13-18)20(3)15(22)12-21-9-6-14(7-10-21)16(23)19-8-5-11-24-4/h14H,5-12H2,1-4H3,(H,19,23). The van der Waals surface area contributed by atoms with Crippen LogP contribution in [0.4, 0.5) is 0 Å². The maximum absolute atomic E-state index is 12.3. The normalized spacial score (nSPS) is 16.5. The third-order valence-corrected chi connectivity index (χ3v) is 4.63. The van der Waals surface area contributed by atoms with Gasteiger partial charge in [0, 0.05) is 33.2 Å². The van der Waals surface area contributed by atoms with Gasteiger partial charge in [0.25, 0.3) is 0 Å². The molecule has 1 rings (SSSR count). The smallest absolute Gasteiger partial charge is 0.237 e. The summed E-state index contributed by atoms with van der Waals surface area (Å²) in [5.41, 5.74) is -0.808. The lowest BCUT2D eigenvalue weighted by Crippen LogP contribution is -2.50. The van der Waals surface area contributed by atoms with Crippen molar-refractivity contribution in [1.82, 2.24) is 15.1 Å². The summed E-state index contributed by atoms with van der Waals surface area (Å²) in [6.07, 6.45) is 2.33. The van der Waals surface area contributed by atoms with Crippen LogP contribution in [0.1, 0.15) is 33.1 Å². The summed E-state index contributed by atoms with van der Waals surface area (Å²) in [4.78, 5) is 27.9. The van der Waals surface area contributed by atoms with Gasteiger partial charge in [0.15, 0.2) is 0 Å². The number of likely N-dealkylation sites (tertiary alicyclic amines) is 1. The molecule has 0 spiro atoms. The summed E-state index contributed by atoms with van der Waals surface area (Å²) in [5, 5.41) is 12.0. The maximum Gasteiger partial charge on any atom is 0.237 e. The molecule has 1 aliphatic rings. The lowest BCUT2D eigenvalue weighted by atomic mass is 9.95. The maximum atomic E-state index is 12.3. The van der Waals surface area contributed by atoms with E-state index in [0.717, 1.165) is 32.4 Å². The number of carbonyl (C=O) groups is 2. The molecule has 2 amide bonds. The molecule has 1 N–H and O–H groups in total. The summed E-state index contributed by atoms with van der Waals surface area (Å²) < 4.78 is 4.96. The van der Waals surface area contributed by atoms with Crippen LogP contribution in [0.3, 0.4) is 0 Å². The van der Waals surface area contributed by atoms with Crippen molar-refractivity contribution < 1.29 is 14.3 Å². The number of hydrogen-bond donors (Lipinski definition) is 1. The molecule has 0 unspecified atom stereocenters. The molecule has 1 heterocycles. The Morgan fingerprint density at radius 2 is 2.00 bits per heavy atom. The molecule has 0 aromatic rings. The van der Waals surface area contributed by atoms with E-state index in [1.54, 1.807) is 28.0 Å². The Morgan fingerprint density at radius 3 is 2.54 bits per heavy atom. The number of nitriles is 1. The quantitative estimate of drug-likeness (QED) is 0.656. The van der Waals surface area contributed by atoms with E-state index < -0.39 is 5.54 Å². The van der Waals surface area contributed by atoms with Gasteiger partial charge in [0.1, 0.15) is 5.54 Å². The minimum atomic E-state index is -0.808. The predicted octanol–water partition coefficient (Wildman–Crippen LogP) is 0.612. The van der Waals surface area contributed by atoms with Crippen molar-refractivity contribution in [3.63, 3.8) is 0 Å². The second kappa shape index (κ2) is 9.60. The molecule has 7 heteroatoms. The highest BCUT2D eigenvalue weighted by Gasteiger charge is 2.30. The number of rotatable bonds is 8. The molecule has 1 aliphatic heterocycles. The van der Waals surface area contributed by atoms with Gasteiger partial charge in [-0.25, -0.2) is 0 Å². The highest BCUT2D eigenvalue weighted by molar-refractivity contribution is 5.80. The largest absolute Gasteiger partial charge is 0.385 e. The minimum Gasteiger partial charge on any atom is -0.385 e. The van der Waals surface area contributed by atoms with E-state index in [1.165, 1.54) is 4.90 Å². The lowest BCUT2D eigenvalue weighted by molar-refractivity contribution is -0.134. The van der Waals surface area contributed by atoms with Crippen molar-refractivity contribution in [2.45, 2.75) is 38.6 Å². The number of methoxy groups -OCH3 is 1. The molecule has 1 fully saturated rings. The average molecular weight is 338 g/mol. The number of amides is 2. The van der Waals surface area contributed by atoms with Crippen molar-refractivity contribution in [1.29, 1.82) is 5.26 Å². The molecule has 0 bridgehead atoms. The van der Waals surface area contributed by atoms with Crippen molar-refractivity contribution in [3.8, 4) is 6.07 Å². The Hall–Kier alpha value is -1.65. The molecule has 136 valence electrons. The first-order chi connectivity index (χ1) is 11.3. The molecule has 1 saturated heterocycles. The molecular weight excluding hydrogens is 308 g/mol. The van der Waals surface area contributed by atoms with Crippen LogP contribution < -0.4 is 5.32 Å². The molecule has 0 saturated carbocycles. The van der Waals surface area contributed by atoms with E-state index in [2.05, 4.69) is 16.3 Å². The number of carbonyl (C=O) groups excluding carboxylic acids is 2. The molecule has 7 nitrogen and oxygen atoms in total. The fraction of sp³-hybridized carbons (Fsp3) is 0.824. The Morgan fingerprint density at radius 1 is 1.38 bits per heavy atom. The number of piperidine rings is 1. The second-order valence-corrected chi connectivity index (χ2v) is 6.81. The van der Waals surface area contributed by atoms with E-state index in [9.17, 15) is 9.59 Å². The average Bonchev–Trinajstić information content (AvgIpc) is 2.58. The zero-order chi connectivity index (χ0) is 18.2. The highest BCUT2D eigenvalue weighted by Crippen LogP contribution is 2.18. The Kier molecular flexibility index (Phi) is 8.16. The van der Waals surface area contributed by atoms with E-state index in [1.807, 2.05) is 0 Å². The predicted molar refractivity (Wildman–Crippen MR) is 91.1 cm³/mol. The van der Waals surface area contributed by atoms with Crippen LogP contribution in [0.2, 0.25) is 0 Å². The van der Waals surface area contributed by atoms with Gasteiger partial charge in [0.2, 0.25) is 11.8 Å². The van der Waals surface area contributed by atoms with Gasteiger partial charge < -0.3 is 15.0 Å².